The predicted molar refractivity (Wildman–Crippen MR) is 172 cm³/mol. The normalized spacial score (nSPS) is 21.0. The molecule has 10 nitrogen and oxygen atoms in total. The number of carbonyl (C=O) groups is 1. The quantitative estimate of drug-likeness (QED) is 0.275. The first-order chi connectivity index (χ1) is 21.1. The molecule has 0 spiro atoms. The fraction of sp³-hybridized carbons (Fsp3) is 0.467. The molecule has 3 atom stereocenters. The van der Waals surface area contributed by atoms with Crippen LogP contribution >= 0.6 is 23.1 Å². The van der Waals surface area contributed by atoms with Crippen molar-refractivity contribution in [3.63, 3.8) is 0 Å². The number of thioether (sulfide) groups is 1. The van der Waals surface area contributed by atoms with E-state index >= 15 is 13.2 Å². The van der Waals surface area contributed by atoms with Crippen LogP contribution in [0.3, 0.4) is 0 Å². The molecule has 2 aliphatic heterocycles. The summed E-state index contributed by atoms with van der Waals surface area (Å²) in [6.45, 7) is 13.7. The highest BCUT2D eigenvalue weighted by Crippen LogP contribution is 2.50. The Morgan fingerprint density at radius 1 is 1.18 bits per heavy atom. The number of benzene rings is 1. The summed E-state index contributed by atoms with van der Waals surface area (Å²) in [6, 6.07) is 0.496. The van der Waals surface area contributed by atoms with Gasteiger partial charge in [-0.05, 0) is 46.8 Å². The average Bonchev–Trinajstić information content (AvgIpc) is 3.42. The largest absolute Gasteiger partial charge is 0.417 e. The van der Waals surface area contributed by atoms with Crippen molar-refractivity contribution in [1.29, 1.82) is 0 Å². The number of anilines is 2. The smallest absolute Gasteiger partial charge is 0.370 e. The number of nitrogens with two attached hydrogens (primary N) is 1. The van der Waals surface area contributed by atoms with Crippen LogP contribution < -0.4 is 16.3 Å². The number of fused-ring (bicyclic) bond motifs is 1. The van der Waals surface area contributed by atoms with Crippen molar-refractivity contribution >= 4 is 62.0 Å². The molecule has 2 aliphatic rings. The van der Waals surface area contributed by atoms with Gasteiger partial charge in [-0.3, -0.25) is 9.36 Å². The molecule has 1 aromatic carbocycles. The molecular formula is C30H34F3N7O3S2. The number of aromatic amines is 1. The van der Waals surface area contributed by atoms with Gasteiger partial charge in [-0.1, -0.05) is 6.58 Å². The maximum absolute atomic E-state index is 15.1. The van der Waals surface area contributed by atoms with Crippen LogP contribution in [0.5, 0.6) is 0 Å². The third kappa shape index (κ3) is 5.58. The van der Waals surface area contributed by atoms with Gasteiger partial charge in [0.1, 0.15) is 10.6 Å². The van der Waals surface area contributed by atoms with Crippen molar-refractivity contribution in [1.82, 2.24) is 24.4 Å². The minimum atomic E-state index is -4.75. The number of thiophene rings is 1. The third-order valence-electron chi connectivity index (χ3n) is 7.99. The summed E-state index contributed by atoms with van der Waals surface area (Å²) in [6.07, 6.45) is -3.97. The van der Waals surface area contributed by atoms with Gasteiger partial charge in [-0.25, -0.2) is 9.78 Å². The number of nitrogen functional groups attached to an aromatic ring is 1. The summed E-state index contributed by atoms with van der Waals surface area (Å²) in [7, 11) is 0. The molecule has 1 unspecified atom stereocenters. The lowest BCUT2D eigenvalue weighted by Gasteiger charge is -2.44. The van der Waals surface area contributed by atoms with Crippen molar-refractivity contribution in [2.45, 2.75) is 76.0 Å². The third-order valence-corrected chi connectivity index (χ3v) is 10.1. The fourth-order valence-corrected chi connectivity index (χ4v) is 8.62. The van der Waals surface area contributed by atoms with E-state index in [9.17, 15) is 9.59 Å². The first-order valence-electron chi connectivity index (χ1n) is 14.5. The second-order valence-electron chi connectivity index (χ2n) is 12.5. The van der Waals surface area contributed by atoms with Crippen LogP contribution in [-0.4, -0.2) is 73.0 Å². The second kappa shape index (κ2) is 11.1. The zero-order valence-corrected chi connectivity index (χ0v) is 27.1. The number of rotatable bonds is 4. The van der Waals surface area contributed by atoms with Crippen LogP contribution in [0.1, 0.15) is 40.2 Å². The number of piperazine rings is 1. The minimum Gasteiger partial charge on any atom is -0.370 e. The molecule has 0 saturated carbocycles. The van der Waals surface area contributed by atoms with Gasteiger partial charge in [-0.2, -0.15) is 18.2 Å². The maximum Gasteiger partial charge on any atom is 0.417 e. The number of carbonyl (C=O) groups excluding carboxylic acids is 1. The van der Waals surface area contributed by atoms with E-state index in [0.717, 1.165) is 6.07 Å². The molecule has 3 N–H and O–H groups in total. The lowest BCUT2D eigenvalue weighted by molar-refractivity contribution is -0.137. The molecule has 4 aromatic rings. The number of hydrogen-bond acceptors (Lipinski definition) is 9. The summed E-state index contributed by atoms with van der Waals surface area (Å²) in [5, 5.41) is 1.85. The van der Waals surface area contributed by atoms with Crippen LogP contribution in [0, 0.1) is 0 Å². The van der Waals surface area contributed by atoms with Gasteiger partial charge in [0.2, 0.25) is 5.91 Å². The van der Waals surface area contributed by atoms with E-state index in [-0.39, 0.29) is 60.3 Å². The second-order valence-corrected chi connectivity index (χ2v) is 14.4. The Bertz CT molecular complexity index is 1880. The summed E-state index contributed by atoms with van der Waals surface area (Å²) >= 11 is 2.43. The summed E-state index contributed by atoms with van der Waals surface area (Å²) in [5.41, 5.74) is 4.94. The molecule has 15 heteroatoms. The number of nitrogens with zero attached hydrogens (tertiary/aromatic N) is 5. The van der Waals surface area contributed by atoms with Crippen molar-refractivity contribution < 1.29 is 22.7 Å². The number of amides is 1. The van der Waals surface area contributed by atoms with E-state index in [1.807, 2.05) is 39.5 Å². The van der Waals surface area contributed by atoms with Gasteiger partial charge in [0, 0.05) is 57.7 Å². The first-order valence-corrected chi connectivity index (χ1v) is 16.4. The van der Waals surface area contributed by atoms with Gasteiger partial charge in [-0.15, -0.1) is 23.1 Å². The van der Waals surface area contributed by atoms with E-state index in [1.165, 1.54) is 33.7 Å². The summed E-state index contributed by atoms with van der Waals surface area (Å²) in [4.78, 5) is 42.3. The Balaban J connectivity index is 1.64. The highest BCUT2D eigenvalue weighted by Gasteiger charge is 2.40. The lowest BCUT2D eigenvalue weighted by atomic mass is 9.97. The number of nitrogens with one attached hydrogen (secondary N) is 1. The van der Waals surface area contributed by atoms with Crippen molar-refractivity contribution in [2.75, 3.05) is 29.5 Å². The molecule has 0 aliphatic carbocycles. The van der Waals surface area contributed by atoms with Gasteiger partial charge >= 0.3 is 11.9 Å². The van der Waals surface area contributed by atoms with Gasteiger partial charge in [0.15, 0.2) is 5.95 Å². The molecule has 1 saturated heterocycles. The van der Waals surface area contributed by atoms with Crippen LogP contribution in [0.25, 0.3) is 32.4 Å². The van der Waals surface area contributed by atoms with Gasteiger partial charge in [0.05, 0.1) is 34.8 Å². The van der Waals surface area contributed by atoms with E-state index in [4.69, 9.17) is 10.5 Å². The van der Waals surface area contributed by atoms with Crippen molar-refractivity contribution in [3.05, 3.63) is 40.1 Å². The molecule has 6 rings (SSSR count). The highest BCUT2D eigenvalue weighted by atomic mass is 32.2. The number of alkyl halides is 3. The molecule has 5 heterocycles. The molecule has 0 bridgehead atoms. The standard InChI is InChI=1S/C30H34F3N7O3S2/c1-7-20(41)40-14(2)9-38(10-15(40)3)25-17-8-19(30(31,32)33)21(18-13-45-26-22(18)35-27(34)37-26)24-23(17)39(28(42)36-25)11-16(12-44-24)43-29(4,5)6/h7-8,13-16H,1,9-12H2,2-6H3,(H3,34,35,37)/t14-,15+,16?. The highest BCUT2D eigenvalue weighted by molar-refractivity contribution is 7.99. The SMILES string of the molecule is C=CC(=O)N1[C@H](C)CN(c2nc(=O)n3c4c(c(-c5csc6nc(N)[nH]c56)c(C(F)(F)F)cc24)SCC(OC(C)(C)C)C3)C[C@@H]1C. The Hall–Kier alpha value is -3.56. The van der Waals surface area contributed by atoms with E-state index in [1.54, 1.807) is 10.3 Å². The zero-order valence-electron chi connectivity index (χ0n) is 25.5. The number of aromatic nitrogens is 4. The van der Waals surface area contributed by atoms with Gasteiger partial charge < -0.3 is 25.3 Å². The summed E-state index contributed by atoms with van der Waals surface area (Å²) < 4.78 is 53.1. The number of halogens is 3. The van der Waals surface area contributed by atoms with Crippen LogP contribution in [0.2, 0.25) is 0 Å². The van der Waals surface area contributed by atoms with Crippen LogP contribution in [-0.2, 0) is 22.3 Å². The number of ether oxygens (including phenoxy) is 1. The Morgan fingerprint density at radius 3 is 2.49 bits per heavy atom. The number of imidazole rings is 1. The first kappa shape index (κ1) is 31.4. The molecule has 1 amide bonds. The monoisotopic (exact) mass is 661 g/mol. The Morgan fingerprint density at radius 2 is 1.87 bits per heavy atom. The molecule has 240 valence electrons. The van der Waals surface area contributed by atoms with E-state index in [0.29, 0.717) is 32.1 Å². The van der Waals surface area contributed by atoms with Crippen molar-refractivity contribution in [3.8, 4) is 11.1 Å². The lowest BCUT2D eigenvalue weighted by Crippen LogP contribution is -2.58. The number of H-pyrrole nitrogens is 1. The Labute approximate surface area is 265 Å². The van der Waals surface area contributed by atoms with Crippen LogP contribution in [0.15, 0.2) is 33.8 Å². The molecule has 1 fully saturated rings. The Kier molecular flexibility index (Phi) is 7.72. The predicted octanol–water partition coefficient (Wildman–Crippen LogP) is 5.50. The molecule has 0 radical (unpaired) electrons. The molecule has 45 heavy (non-hydrogen) atoms. The molecule has 3 aromatic heterocycles. The molecular weight excluding hydrogens is 628 g/mol. The van der Waals surface area contributed by atoms with Crippen molar-refractivity contribution in [2.24, 2.45) is 0 Å². The maximum atomic E-state index is 15.1. The fourth-order valence-electron chi connectivity index (χ4n) is 6.47. The van der Waals surface area contributed by atoms with E-state index in [2.05, 4.69) is 21.5 Å². The van der Waals surface area contributed by atoms with Gasteiger partial charge in [0.25, 0.3) is 0 Å². The zero-order chi connectivity index (χ0) is 32.6. The van der Waals surface area contributed by atoms with E-state index < -0.39 is 29.1 Å². The minimum absolute atomic E-state index is 0.0419. The topological polar surface area (TPSA) is 122 Å². The van der Waals surface area contributed by atoms with Crippen LogP contribution in [0.4, 0.5) is 24.9 Å². The number of hydrogen-bond donors (Lipinski definition) is 2. The summed E-state index contributed by atoms with van der Waals surface area (Å²) in [5.74, 6) is 0.338. The average molecular weight is 662 g/mol.